The van der Waals surface area contributed by atoms with Crippen LogP contribution in [0.25, 0.3) is 0 Å². The minimum absolute atomic E-state index is 0.00150. The Morgan fingerprint density at radius 2 is 2.17 bits per heavy atom. The fourth-order valence-corrected chi connectivity index (χ4v) is 2.27. The summed E-state index contributed by atoms with van der Waals surface area (Å²) in [6.07, 6.45) is 0.829. The smallest absolute Gasteiger partial charge is 0.271 e. The highest BCUT2D eigenvalue weighted by Gasteiger charge is 2.15. The zero-order chi connectivity index (χ0) is 13.0. The molecule has 0 aliphatic carbocycles. The monoisotopic (exact) mass is 261 g/mol. The van der Waals surface area contributed by atoms with Crippen LogP contribution in [-0.4, -0.2) is 10.9 Å². The number of rotatable bonds is 4. The molecule has 1 unspecified atom stereocenters. The number of hydrogen-bond acceptors (Lipinski definition) is 4. The second kappa shape index (κ2) is 5.64. The van der Waals surface area contributed by atoms with Crippen molar-refractivity contribution in [1.29, 1.82) is 0 Å². The number of aromatic nitrogens is 1. The van der Waals surface area contributed by atoms with Crippen molar-refractivity contribution in [3.8, 4) is 0 Å². The molecule has 0 aliphatic heterocycles. The Bertz CT molecular complexity index is 524. The molecule has 0 radical (unpaired) electrons. The summed E-state index contributed by atoms with van der Waals surface area (Å²) < 4.78 is 0. The molecule has 2 aromatic rings. The van der Waals surface area contributed by atoms with Gasteiger partial charge in [-0.3, -0.25) is 4.79 Å². The van der Waals surface area contributed by atoms with Gasteiger partial charge in [0, 0.05) is 5.38 Å². The first-order valence-electron chi connectivity index (χ1n) is 5.77. The van der Waals surface area contributed by atoms with Gasteiger partial charge in [0.15, 0.2) is 5.13 Å². The molecule has 0 aliphatic rings. The molecular formula is C13H15N3OS. The van der Waals surface area contributed by atoms with Crippen molar-refractivity contribution in [2.24, 2.45) is 0 Å². The molecule has 5 heteroatoms. The second-order valence-electron chi connectivity index (χ2n) is 3.92. The lowest BCUT2D eigenvalue weighted by Crippen LogP contribution is -2.28. The lowest BCUT2D eigenvalue weighted by molar-refractivity contribution is 0.0931. The highest BCUT2D eigenvalue weighted by molar-refractivity contribution is 7.13. The van der Waals surface area contributed by atoms with Gasteiger partial charge in [0.25, 0.3) is 5.91 Å². The maximum absolute atomic E-state index is 12.0. The van der Waals surface area contributed by atoms with Crippen LogP contribution in [-0.2, 0) is 0 Å². The first kappa shape index (κ1) is 12.6. The molecular weight excluding hydrogens is 246 g/mol. The second-order valence-corrected chi connectivity index (χ2v) is 4.81. The maximum atomic E-state index is 12.0. The number of anilines is 1. The highest BCUT2D eigenvalue weighted by Crippen LogP contribution is 2.17. The molecule has 0 saturated heterocycles. The Balaban J connectivity index is 2.10. The van der Waals surface area contributed by atoms with Gasteiger partial charge >= 0.3 is 0 Å². The predicted octanol–water partition coefficient (Wildman–Crippen LogP) is 2.61. The summed E-state index contributed by atoms with van der Waals surface area (Å²) in [6.45, 7) is 2.04. The average molecular weight is 261 g/mol. The Morgan fingerprint density at radius 3 is 2.72 bits per heavy atom. The Hall–Kier alpha value is -1.88. The number of thiazole rings is 1. The lowest BCUT2D eigenvalue weighted by Gasteiger charge is -2.16. The number of carbonyl (C=O) groups is 1. The summed E-state index contributed by atoms with van der Waals surface area (Å²) in [7, 11) is 0. The molecule has 1 heterocycles. The molecule has 3 N–H and O–H groups in total. The van der Waals surface area contributed by atoms with Crippen LogP contribution in [0.1, 0.15) is 35.4 Å². The van der Waals surface area contributed by atoms with Gasteiger partial charge in [0.1, 0.15) is 5.69 Å². The van der Waals surface area contributed by atoms with Crippen LogP contribution in [0.4, 0.5) is 5.13 Å². The van der Waals surface area contributed by atoms with E-state index in [1.807, 2.05) is 37.3 Å². The van der Waals surface area contributed by atoms with Crippen LogP contribution in [0.2, 0.25) is 0 Å². The molecule has 0 fully saturated rings. The third kappa shape index (κ3) is 2.87. The molecule has 18 heavy (non-hydrogen) atoms. The van der Waals surface area contributed by atoms with Crippen molar-refractivity contribution in [1.82, 2.24) is 10.3 Å². The van der Waals surface area contributed by atoms with E-state index in [1.54, 1.807) is 5.38 Å². The van der Waals surface area contributed by atoms with E-state index in [9.17, 15) is 4.79 Å². The molecule has 0 spiro atoms. The van der Waals surface area contributed by atoms with Gasteiger partial charge in [0.05, 0.1) is 6.04 Å². The third-order valence-electron chi connectivity index (χ3n) is 2.67. The molecule has 2 rings (SSSR count). The van der Waals surface area contributed by atoms with Crippen LogP contribution in [0.3, 0.4) is 0 Å². The Morgan fingerprint density at radius 1 is 1.44 bits per heavy atom. The van der Waals surface area contributed by atoms with Gasteiger partial charge in [-0.2, -0.15) is 0 Å². The largest absolute Gasteiger partial charge is 0.375 e. The molecule has 1 aromatic carbocycles. The fraction of sp³-hybridized carbons (Fsp3) is 0.231. The van der Waals surface area contributed by atoms with Gasteiger partial charge in [-0.05, 0) is 12.0 Å². The van der Waals surface area contributed by atoms with Crippen molar-refractivity contribution in [3.05, 3.63) is 47.0 Å². The minimum Gasteiger partial charge on any atom is -0.375 e. The van der Waals surface area contributed by atoms with E-state index in [2.05, 4.69) is 10.3 Å². The van der Waals surface area contributed by atoms with Crippen LogP contribution >= 0.6 is 11.3 Å². The molecule has 4 nitrogen and oxygen atoms in total. The number of hydrogen-bond donors (Lipinski definition) is 2. The van der Waals surface area contributed by atoms with E-state index in [1.165, 1.54) is 11.3 Å². The van der Waals surface area contributed by atoms with Crippen molar-refractivity contribution >= 4 is 22.4 Å². The number of nitrogens with two attached hydrogens (primary N) is 1. The summed E-state index contributed by atoms with van der Waals surface area (Å²) in [6, 6.07) is 9.89. The lowest BCUT2D eigenvalue weighted by atomic mass is 10.0. The summed E-state index contributed by atoms with van der Waals surface area (Å²) in [5, 5.41) is 5.04. The average Bonchev–Trinajstić information content (AvgIpc) is 2.83. The van der Waals surface area contributed by atoms with Gasteiger partial charge in [-0.25, -0.2) is 4.98 Å². The Kier molecular flexibility index (Phi) is 3.94. The zero-order valence-electron chi connectivity index (χ0n) is 10.1. The molecule has 0 bridgehead atoms. The van der Waals surface area contributed by atoms with Crippen LogP contribution in [0.15, 0.2) is 35.7 Å². The standard InChI is InChI=1S/C13H15N3OS/c1-2-10(9-6-4-3-5-7-9)15-12(17)11-8-18-13(14)16-11/h3-8,10H,2H2,1H3,(H2,14,16)(H,15,17). The summed E-state index contributed by atoms with van der Waals surface area (Å²) in [5.41, 5.74) is 6.99. The first-order chi connectivity index (χ1) is 8.70. The van der Waals surface area contributed by atoms with Gasteiger partial charge in [-0.15, -0.1) is 11.3 Å². The maximum Gasteiger partial charge on any atom is 0.271 e. The Labute approximate surface area is 110 Å². The molecule has 0 saturated carbocycles. The van der Waals surface area contributed by atoms with Crippen LogP contribution in [0.5, 0.6) is 0 Å². The molecule has 1 atom stereocenters. The van der Waals surface area contributed by atoms with Crippen molar-refractivity contribution in [2.75, 3.05) is 5.73 Å². The van der Waals surface area contributed by atoms with E-state index in [0.717, 1.165) is 12.0 Å². The quantitative estimate of drug-likeness (QED) is 0.889. The predicted molar refractivity (Wildman–Crippen MR) is 73.5 cm³/mol. The van der Waals surface area contributed by atoms with Crippen LogP contribution < -0.4 is 11.1 Å². The number of nitrogen functional groups attached to an aromatic ring is 1. The molecule has 1 aromatic heterocycles. The summed E-state index contributed by atoms with van der Waals surface area (Å²) in [4.78, 5) is 16.0. The number of nitrogens with zero attached hydrogens (tertiary/aromatic N) is 1. The van der Waals surface area contributed by atoms with E-state index < -0.39 is 0 Å². The normalized spacial score (nSPS) is 12.1. The summed E-state index contributed by atoms with van der Waals surface area (Å²) in [5.74, 6) is -0.182. The number of amides is 1. The van der Waals surface area contributed by atoms with E-state index in [-0.39, 0.29) is 11.9 Å². The fourth-order valence-electron chi connectivity index (χ4n) is 1.73. The van der Waals surface area contributed by atoms with Gasteiger partial charge in [-0.1, -0.05) is 37.3 Å². The first-order valence-corrected chi connectivity index (χ1v) is 6.65. The van der Waals surface area contributed by atoms with Gasteiger partial charge in [0.2, 0.25) is 0 Å². The number of benzene rings is 1. The minimum atomic E-state index is -0.182. The number of carbonyl (C=O) groups excluding carboxylic acids is 1. The topological polar surface area (TPSA) is 68.0 Å². The van der Waals surface area contributed by atoms with Crippen molar-refractivity contribution < 1.29 is 4.79 Å². The molecule has 94 valence electrons. The number of nitrogens with one attached hydrogen (secondary N) is 1. The SMILES string of the molecule is CCC(NC(=O)c1csc(N)n1)c1ccccc1. The van der Waals surface area contributed by atoms with Crippen molar-refractivity contribution in [3.63, 3.8) is 0 Å². The van der Waals surface area contributed by atoms with E-state index >= 15 is 0 Å². The van der Waals surface area contributed by atoms with E-state index in [0.29, 0.717) is 10.8 Å². The van der Waals surface area contributed by atoms with Crippen molar-refractivity contribution in [2.45, 2.75) is 19.4 Å². The highest BCUT2D eigenvalue weighted by atomic mass is 32.1. The zero-order valence-corrected chi connectivity index (χ0v) is 10.9. The van der Waals surface area contributed by atoms with Crippen LogP contribution in [0, 0.1) is 0 Å². The summed E-state index contributed by atoms with van der Waals surface area (Å²) >= 11 is 1.27. The van der Waals surface area contributed by atoms with Gasteiger partial charge < -0.3 is 11.1 Å². The van der Waals surface area contributed by atoms with E-state index in [4.69, 9.17) is 5.73 Å². The third-order valence-corrected chi connectivity index (χ3v) is 3.34. The molecule has 1 amide bonds.